The van der Waals surface area contributed by atoms with Gasteiger partial charge in [-0.1, -0.05) is 13.0 Å². The number of hydrogen-bond donors (Lipinski definition) is 1. The zero-order valence-electron chi connectivity index (χ0n) is 9.95. The number of amides is 1. The molecule has 0 unspecified atom stereocenters. The Kier molecular flexibility index (Phi) is 4.69. The van der Waals surface area contributed by atoms with Gasteiger partial charge in [-0.2, -0.15) is 0 Å². The summed E-state index contributed by atoms with van der Waals surface area (Å²) in [5, 5.41) is 0. The molecule has 92 valence electrons. The first kappa shape index (κ1) is 13.2. The Morgan fingerprint density at radius 1 is 1.59 bits per heavy atom. The Morgan fingerprint density at radius 2 is 2.29 bits per heavy atom. The number of nitrogens with zero attached hydrogens (tertiary/aromatic N) is 1. The van der Waals surface area contributed by atoms with E-state index in [1.54, 1.807) is 11.0 Å². The van der Waals surface area contributed by atoms with Crippen LogP contribution in [0, 0.1) is 5.82 Å². The van der Waals surface area contributed by atoms with E-state index in [0.717, 1.165) is 6.42 Å². The lowest BCUT2D eigenvalue weighted by Crippen LogP contribution is -2.31. The maximum Gasteiger partial charge on any atom is 0.254 e. The summed E-state index contributed by atoms with van der Waals surface area (Å²) < 4.78 is 13.3. The SMILES string of the molecule is C=CCN(CCC)C(=O)c1ccc(N)c(F)c1. The lowest BCUT2D eigenvalue weighted by Gasteiger charge is -2.20. The van der Waals surface area contributed by atoms with Gasteiger partial charge in [0.2, 0.25) is 0 Å². The maximum absolute atomic E-state index is 13.3. The molecule has 0 aliphatic rings. The molecule has 0 aliphatic carbocycles. The van der Waals surface area contributed by atoms with Crippen LogP contribution in [0.1, 0.15) is 23.7 Å². The normalized spacial score (nSPS) is 10.0. The number of hydrogen-bond acceptors (Lipinski definition) is 2. The molecule has 0 saturated heterocycles. The summed E-state index contributed by atoms with van der Waals surface area (Å²) >= 11 is 0. The molecule has 3 nitrogen and oxygen atoms in total. The first-order valence-electron chi connectivity index (χ1n) is 5.55. The number of halogens is 1. The second-order valence-electron chi connectivity index (χ2n) is 3.78. The van der Waals surface area contributed by atoms with Crippen LogP contribution in [0.4, 0.5) is 10.1 Å². The summed E-state index contributed by atoms with van der Waals surface area (Å²) in [5.74, 6) is -0.767. The van der Waals surface area contributed by atoms with Crippen molar-refractivity contribution in [1.82, 2.24) is 4.90 Å². The van der Waals surface area contributed by atoms with E-state index in [2.05, 4.69) is 6.58 Å². The zero-order chi connectivity index (χ0) is 12.8. The minimum atomic E-state index is -0.564. The fourth-order valence-corrected chi connectivity index (χ4v) is 1.54. The standard InChI is InChI=1S/C13H17FN2O/c1-3-7-16(8-4-2)13(17)10-5-6-12(15)11(14)9-10/h3,5-6,9H,1,4,7-8,15H2,2H3. The van der Waals surface area contributed by atoms with Crippen molar-refractivity contribution in [2.24, 2.45) is 0 Å². The number of benzene rings is 1. The topological polar surface area (TPSA) is 46.3 Å². The number of nitrogen functional groups attached to an aromatic ring is 1. The van der Waals surface area contributed by atoms with Crippen LogP contribution in [-0.2, 0) is 0 Å². The van der Waals surface area contributed by atoms with Crippen molar-refractivity contribution >= 4 is 11.6 Å². The Labute approximate surface area is 101 Å². The van der Waals surface area contributed by atoms with Gasteiger partial charge in [0.25, 0.3) is 5.91 Å². The molecular weight excluding hydrogens is 219 g/mol. The van der Waals surface area contributed by atoms with Crippen molar-refractivity contribution in [3.8, 4) is 0 Å². The van der Waals surface area contributed by atoms with Gasteiger partial charge in [-0.25, -0.2) is 4.39 Å². The monoisotopic (exact) mass is 236 g/mol. The molecule has 0 heterocycles. The summed E-state index contributed by atoms with van der Waals surface area (Å²) in [6.07, 6.45) is 2.50. The highest BCUT2D eigenvalue weighted by molar-refractivity contribution is 5.94. The maximum atomic E-state index is 13.3. The highest BCUT2D eigenvalue weighted by Gasteiger charge is 2.14. The van der Waals surface area contributed by atoms with Crippen LogP contribution in [0.3, 0.4) is 0 Å². The number of carbonyl (C=O) groups excluding carboxylic acids is 1. The highest BCUT2D eigenvalue weighted by Crippen LogP contribution is 2.14. The molecule has 17 heavy (non-hydrogen) atoms. The van der Waals surface area contributed by atoms with Gasteiger partial charge in [0.1, 0.15) is 5.82 Å². The van der Waals surface area contributed by atoms with E-state index in [1.807, 2.05) is 6.92 Å². The van der Waals surface area contributed by atoms with E-state index in [1.165, 1.54) is 18.2 Å². The van der Waals surface area contributed by atoms with Crippen molar-refractivity contribution in [1.29, 1.82) is 0 Å². The van der Waals surface area contributed by atoms with E-state index in [0.29, 0.717) is 18.7 Å². The van der Waals surface area contributed by atoms with E-state index in [9.17, 15) is 9.18 Å². The van der Waals surface area contributed by atoms with Crippen molar-refractivity contribution < 1.29 is 9.18 Å². The van der Waals surface area contributed by atoms with Crippen LogP contribution in [0.15, 0.2) is 30.9 Å². The van der Waals surface area contributed by atoms with Crippen molar-refractivity contribution in [3.63, 3.8) is 0 Å². The molecular formula is C13H17FN2O. The van der Waals surface area contributed by atoms with E-state index < -0.39 is 5.82 Å². The van der Waals surface area contributed by atoms with Gasteiger partial charge in [0.15, 0.2) is 0 Å². The van der Waals surface area contributed by atoms with Crippen molar-refractivity contribution in [3.05, 3.63) is 42.2 Å². The van der Waals surface area contributed by atoms with Gasteiger partial charge in [-0.05, 0) is 24.6 Å². The van der Waals surface area contributed by atoms with Crippen LogP contribution in [0.2, 0.25) is 0 Å². The number of carbonyl (C=O) groups is 1. The molecule has 1 aromatic rings. The Bertz CT molecular complexity index is 418. The number of anilines is 1. The van der Waals surface area contributed by atoms with Gasteiger partial charge < -0.3 is 10.6 Å². The van der Waals surface area contributed by atoms with Crippen LogP contribution >= 0.6 is 0 Å². The molecule has 0 bridgehead atoms. The second-order valence-corrected chi connectivity index (χ2v) is 3.78. The third kappa shape index (κ3) is 3.31. The Balaban J connectivity index is 2.92. The molecule has 1 amide bonds. The summed E-state index contributed by atoms with van der Waals surface area (Å²) in [6, 6.07) is 4.11. The summed E-state index contributed by atoms with van der Waals surface area (Å²) in [6.45, 7) is 6.66. The van der Waals surface area contributed by atoms with E-state index >= 15 is 0 Å². The molecule has 0 spiro atoms. The molecule has 1 aromatic carbocycles. The number of nitrogens with two attached hydrogens (primary N) is 1. The predicted octanol–water partition coefficient (Wildman–Crippen LogP) is 2.45. The van der Waals surface area contributed by atoms with Gasteiger partial charge in [0.05, 0.1) is 5.69 Å². The van der Waals surface area contributed by atoms with E-state index in [4.69, 9.17) is 5.73 Å². The van der Waals surface area contributed by atoms with Crippen molar-refractivity contribution in [2.45, 2.75) is 13.3 Å². The van der Waals surface area contributed by atoms with Crippen molar-refractivity contribution in [2.75, 3.05) is 18.8 Å². The number of rotatable bonds is 5. The molecule has 0 radical (unpaired) electrons. The highest BCUT2D eigenvalue weighted by atomic mass is 19.1. The van der Waals surface area contributed by atoms with Crippen LogP contribution < -0.4 is 5.73 Å². The smallest absolute Gasteiger partial charge is 0.254 e. The average molecular weight is 236 g/mol. The first-order chi connectivity index (χ1) is 8.10. The molecule has 0 aromatic heterocycles. The second kappa shape index (κ2) is 6.03. The van der Waals surface area contributed by atoms with E-state index in [-0.39, 0.29) is 11.6 Å². The van der Waals surface area contributed by atoms with Gasteiger partial charge >= 0.3 is 0 Å². The fraction of sp³-hybridized carbons (Fsp3) is 0.308. The minimum absolute atomic E-state index is 0.0484. The molecule has 4 heteroatoms. The third-order valence-electron chi connectivity index (χ3n) is 2.38. The van der Waals surface area contributed by atoms with Gasteiger partial charge in [0, 0.05) is 18.7 Å². The Hall–Kier alpha value is -1.84. The predicted molar refractivity (Wildman–Crippen MR) is 67.2 cm³/mol. The zero-order valence-corrected chi connectivity index (χ0v) is 9.95. The van der Waals surface area contributed by atoms with Crippen LogP contribution in [0.5, 0.6) is 0 Å². The summed E-state index contributed by atoms with van der Waals surface area (Å²) in [4.78, 5) is 13.7. The lowest BCUT2D eigenvalue weighted by molar-refractivity contribution is 0.0773. The largest absolute Gasteiger partial charge is 0.396 e. The summed E-state index contributed by atoms with van der Waals surface area (Å²) in [5.41, 5.74) is 5.73. The first-order valence-corrected chi connectivity index (χ1v) is 5.55. The fourth-order valence-electron chi connectivity index (χ4n) is 1.54. The molecule has 0 saturated carbocycles. The molecule has 0 atom stereocenters. The van der Waals surface area contributed by atoms with Crippen LogP contribution in [-0.4, -0.2) is 23.9 Å². The Morgan fingerprint density at radius 3 is 2.82 bits per heavy atom. The average Bonchev–Trinajstić information content (AvgIpc) is 2.31. The molecule has 0 aliphatic heterocycles. The van der Waals surface area contributed by atoms with Gasteiger partial charge in [-0.3, -0.25) is 4.79 Å². The van der Waals surface area contributed by atoms with Gasteiger partial charge in [-0.15, -0.1) is 6.58 Å². The molecule has 1 rings (SSSR count). The quantitative estimate of drug-likeness (QED) is 0.630. The lowest BCUT2D eigenvalue weighted by atomic mass is 10.1. The minimum Gasteiger partial charge on any atom is -0.396 e. The molecule has 2 N–H and O–H groups in total. The third-order valence-corrected chi connectivity index (χ3v) is 2.38. The molecule has 0 fully saturated rings. The van der Waals surface area contributed by atoms with Crippen LogP contribution in [0.25, 0.3) is 0 Å². The summed E-state index contributed by atoms with van der Waals surface area (Å²) in [7, 11) is 0.